The Morgan fingerprint density at radius 1 is 1.30 bits per heavy atom. The maximum absolute atomic E-state index is 11.1. The van der Waals surface area contributed by atoms with Crippen LogP contribution in [0, 0.1) is 0 Å². The summed E-state index contributed by atoms with van der Waals surface area (Å²) in [6, 6.07) is 5.12. The van der Waals surface area contributed by atoms with E-state index in [0.29, 0.717) is 12.1 Å². The first-order valence-electron chi connectivity index (χ1n) is 6.61. The lowest BCUT2D eigenvalue weighted by atomic mass is 10.2. The molecular formula is C13H16N4O3. The van der Waals surface area contributed by atoms with Crippen molar-refractivity contribution in [1.82, 2.24) is 19.9 Å². The molecule has 1 aliphatic heterocycles. The van der Waals surface area contributed by atoms with Crippen molar-refractivity contribution in [2.45, 2.75) is 6.54 Å². The van der Waals surface area contributed by atoms with Crippen LogP contribution in [-0.2, 0) is 11.3 Å². The molecule has 1 aromatic carbocycles. The van der Waals surface area contributed by atoms with Gasteiger partial charge in [0.2, 0.25) is 0 Å². The average Bonchev–Trinajstić information content (AvgIpc) is 2.89. The van der Waals surface area contributed by atoms with Crippen LogP contribution in [0.15, 0.2) is 18.2 Å². The van der Waals surface area contributed by atoms with E-state index in [0.717, 1.165) is 38.4 Å². The fourth-order valence-corrected chi connectivity index (χ4v) is 2.39. The summed E-state index contributed by atoms with van der Waals surface area (Å²) >= 11 is 0. The molecule has 0 saturated carbocycles. The van der Waals surface area contributed by atoms with Gasteiger partial charge in [0.1, 0.15) is 5.52 Å². The van der Waals surface area contributed by atoms with Crippen molar-refractivity contribution in [3.8, 4) is 0 Å². The number of rotatable bonds is 4. The van der Waals surface area contributed by atoms with Gasteiger partial charge in [0, 0.05) is 19.6 Å². The molecule has 1 N–H and O–H groups in total. The minimum Gasteiger partial charge on any atom is -0.478 e. The molecule has 0 amide bonds. The summed E-state index contributed by atoms with van der Waals surface area (Å²) in [5.41, 5.74) is 1.40. The van der Waals surface area contributed by atoms with Crippen LogP contribution >= 0.6 is 0 Å². The van der Waals surface area contributed by atoms with Crippen molar-refractivity contribution < 1.29 is 14.6 Å². The lowest BCUT2D eigenvalue weighted by molar-refractivity contribution is 0.0360. The third kappa shape index (κ3) is 2.50. The average molecular weight is 276 g/mol. The van der Waals surface area contributed by atoms with Crippen LogP contribution in [0.3, 0.4) is 0 Å². The number of ether oxygens (including phenoxy) is 1. The van der Waals surface area contributed by atoms with Crippen molar-refractivity contribution in [3.05, 3.63) is 23.8 Å². The van der Waals surface area contributed by atoms with Crippen molar-refractivity contribution in [1.29, 1.82) is 0 Å². The molecule has 1 fully saturated rings. The number of hydrogen-bond acceptors (Lipinski definition) is 5. The Hall–Kier alpha value is -1.99. The number of benzene rings is 1. The van der Waals surface area contributed by atoms with Crippen molar-refractivity contribution in [3.63, 3.8) is 0 Å². The Morgan fingerprint density at radius 3 is 2.85 bits per heavy atom. The summed E-state index contributed by atoms with van der Waals surface area (Å²) in [6.07, 6.45) is 0. The molecule has 1 saturated heterocycles. The number of aromatic carboxylic acids is 1. The fraction of sp³-hybridized carbons (Fsp3) is 0.462. The van der Waals surface area contributed by atoms with Gasteiger partial charge in [-0.05, 0) is 12.1 Å². The number of aromatic nitrogens is 3. The maximum atomic E-state index is 11.1. The Balaban J connectivity index is 1.78. The first kappa shape index (κ1) is 13.0. The van der Waals surface area contributed by atoms with Gasteiger partial charge in [-0.25, -0.2) is 9.48 Å². The van der Waals surface area contributed by atoms with Crippen LogP contribution in [-0.4, -0.2) is 63.8 Å². The molecule has 0 aliphatic carbocycles. The molecule has 0 radical (unpaired) electrons. The molecule has 2 aromatic rings. The van der Waals surface area contributed by atoms with Gasteiger partial charge >= 0.3 is 5.97 Å². The third-order valence-electron chi connectivity index (χ3n) is 3.51. The predicted octanol–water partition coefficient (Wildman–Crippen LogP) is 0.462. The van der Waals surface area contributed by atoms with E-state index in [2.05, 4.69) is 15.2 Å². The molecule has 0 unspecified atom stereocenters. The predicted molar refractivity (Wildman–Crippen MR) is 71.7 cm³/mol. The SMILES string of the molecule is O=C(O)c1cccc2c1nnn2CCN1CCOCC1. The Kier molecular flexibility index (Phi) is 3.62. The molecule has 1 aliphatic rings. The summed E-state index contributed by atoms with van der Waals surface area (Å²) in [5.74, 6) is -0.976. The number of carbonyl (C=O) groups is 1. The van der Waals surface area contributed by atoms with E-state index in [4.69, 9.17) is 9.84 Å². The van der Waals surface area contributed by atoms with Gasteiger partial charge in [0.25, 0.3) is 0 Å². The summed E-state index contributed by atoms with van der Waals surface area (Å²) in [6.45, 7) is 4.93. The largest absolute Gasteiger partial charge is 0.478 e. The zero-order valence-corrected chi connectivity index (χ0v) is 11.0. The van der Waals surface area contributed by atoms with Crippen molar-refractivity contribution in [2.75, 3.05) is 32.8 Å². The van der Waals surface area contributed by atoms with Crippen LogP contribution in [0.25, 0.3) is 11.0 Å². The summed E-state index contributed by atoms with van der Waals surface area (Å²) in [5, 5.41) is 17.2. The highest BCUT2D eigenvalue weighted by Crippen LogP contribution is 2.16. The van der Waals surface area contributed by atoms with E-state index in [-0.39, 0.29) is 5.56 Å². The summed E-state index contributed by atoms with van der Waals surface area (Å²) in [7, 11) is 0. The van der Waals surface area contributed by atoms with Gasteiger partial charge in [-0.1, -0.05) is 11.3 Å². The Morgan fingerprint density at radius 2 is 2.10 bits per heavy atom. The van der Waals surface area contributed by atoms with Crippen LogP contribution in [0.4, 0.5) is 0 Å². The lowest BCUT2D eigenvalue weighted by Gasteiger charge is -2.26. The highest BCUT2D eigenvalue weighted by Gasteiger charge is 2.15. The number of hydrogen-bond donors (Lipinski definition) is 1. The zero-order valence-electron chi connectivity index (χ0n) is 11.0. The molecule has 1 aromatic heterocycles. The first-order valence-corrected chi connectivity index (χ1v) is 6.61. The number of carboxylic acids is 1. The Bertz CT molecular complexity index is 619. The topological polar surface area (TPSA) is 80.5 Å². The van der Waals surface area contributed by atoms with Gasteiger partial charge in [0.05, 0.1) is 30.8 Å². The van der Waals surface area contributed by atoms with Gasteiger partial charge < -0.3 is 9.84 Å². The highest BCUT2D eigenvalue weighted by atomic mass is 16.5. The highest BCUT2D eigenvalue weighted by molar-refractivity contribution is 6.00. The molecule has 20 heavy (non-hydrogen) atoms. The number of fused-ring (bicyclic) bond motifs is 1. The normalized spacial score (nSPS) is 16.6. The van der Waals surface area contributed by atoms with Crippen LogP contribution in [0.2, 0.25) is 0 Å². The third-order valence-corrected chi connectivity index (χ3v) is 3.51. The number of carboxylic acid groups (broad SMARTS) is 1. The van der Waals surface area contributed by atoms with E-state index in [9.17, 15) is 4.79 Å². The minimum atomic E-state index is -0.976. The molecule has 0 atom stereocenters. The van der Waals surface area contributed by atoms with Gasteiger partial charge in [-0.3, -0.25) is 4.90 Å². The second-order valence-electron chi connectivity index (χ2n) is 4.75. The molecule has 7 nitrogen and oxygen atoms in total. The summed E-state index contributed by atoms with van der Waals surface area (Å²) < 4.78 is 7.07. The maximum Gasteiger partial charge on any atom is 0.338 e. The van der Waals surface area contributed by atoms with Gasteiger partial charge in [-0.15, -0.1) is 5.10 Å². The molecule has 106 valence electrons. The van der Waals surface area contributed by atoms with Crippen LogP contribution in [0.1, 0.15) is 10.4 Å². The van der Waals surface area contributed by atoms with E-state index in [1.165, 1.54) is 0 Å². The quantitative estimate of drug-likeness (QED) is 0.874. The van der Waals surface area contributed by atoms with E-state index >= 15 is 0 Å². The molecule has 2 heterocycles. The van der Waals surface area contributed by atoms with Gasteiger partial charge in [-0.2, -0.15) is 0 Å². The first-order chi connectivity index (χ1) is 9.75. The Labute approximate surface area is 115 Å². The van der Waals surface area contributed by atoms with Crippen molar-refractivity contribution in [2.24, 2.45) is 0 Å². The molecule has 0 bridgehead atoms. The number of nitrogens with zero attached hydrogens (tertiary/aromatic N) is 4. The fourth-order valence-electron chi connectivity index (χ4n) is 2.39. The van der Waals surface area contributed by atoms with Crippen molar-refractivity contribution >= 4 is 17.0 Å². The number of morpholine rings is 1. The smallest absolute Gasteiger partial charge is 0.338 e. The summed E-state index contributed by atoms with van der Waals surface area (Å²) in [4.78, 5) is 13.4. The van der Waals surface area contributed by atoms with E-state index in [1.54, 1.807) is 16.8 Å². The van der Waals surface area contributed by atoms with E-state index < -0.39 is 5.97 Å². The molecular weight excluding hydrogens is 260 g/mol. The monoisotopic (exact) mass is 276 g/mol. The van der Waals surface area contributed by atoms with E-state index in [1.807, 2.05) is 6.07 Å². The molecule has 3 rings (SSSR count). The minimum absolute atomic E-state index is 0.195. The second-order valence-corrected chi connectivity index (χ2v) is 4.75. The zero-order chi connectivity index (χ0) is 13.9. The standard InChI is InChI=1S/C13H16N4O3/c18-13(19)10-2-1-3-11-12(10)14-15-17(11)5-4-16-6-8-20-9-7-16/h1-3H,4-9H2,(H,18,19). The molecule has 0 spiro atoms. The lowest BCUT2D eigenvalue weighted by Crippen LogP contribution is -2.38. The van der Waals surface area contributed by atoms with Crippen LogP contribution in [0.5, 0.6) is 0 Å². The van der Waals surface area contributed by atoms with Gasteiger partial charge in [0.15, 0.2) is 0 Å². The van der Waals surface area contributed by atoms with Crippen LogP contribution < -0.4 is 0 Å². The molecule has 7 heteroatoms. The second kappa shape index (κ2) is 5.56.